The van der Waals surface area contributed by atoms with E-state index in [1.807, 2.05) is 0 Å². The second-order valence-electron chi connectivity index (χ2n) is 5.49. The molecule has 0 bridgehead atoms. The molecule has 1 aliphatic heterocycles. The first-order chi connectivity index (χ1) is 10.8. The molecule has 0 spiro atoms. The first kappa shape index (κ1) is 21.3. The Kier molecular flexibility index (Phi) is 6.82. The van der Waals surface area contributed by atoms with Crippen LogP contribution in [-0.2, 0) is 9.47 Å². The topological polar surface area (TPSA) is 18.5 Å². The van der Waals surface area contributed by atoms with Gasteiger partial charge in [0.1, 0.15) is 0 Å². The van der Waals surface area contributed by atoms with Crippen LogP contribution >= 0.6 is 0 Å². The van der Waals surface area contributed by atoms with Crippen molar-refractivity contribution in [2.45, 2.75) is 62.2 Å². The third-order valence-corrected chi connectivity index (χ3v) is 3.60. The molecule has 1 fully saturated rings. The molecule has 144 valence electrons. The molecule has 0 amide bonds. The molecule has 1 rings (SSSR count). The van der Waals surface area contributed by atoms with E-state index in [2.05, 4.69) is 0 Å². The Morgan fingerprint density at radius 3 is 2.00 bits per heavy atom. The van der Waals surface area contributed by atoms with E-state index in [1.165, 1.54) is 0 Å². The smallest absolute Gasteiger partial charge is 0.381 e. The van der Waals surface area contributed by atoms with Gasteiger partial charge in [0, 0.05) is 26.2 Å². The standard InChI is InChI=1S/C13H17F9O2/c14-10(15,11(16,17)12(18,19)13(20,21)22)5-2-6-23-8-4-9-3-1-7-24-9/h9H,1-8H2. The van der Waals surface area contributed by atoms with Crippen molar-refractivity contribution in [3.8, 4) is 0 Å². The predicted molar refractivity (Wildman–Crippen MR) is 64.5 cm³/mol. The van der Waals surface area contributed by atoms with Gasteiger partial charge in [0.15, 0.2) is 0 Å². The summed E-state index contributed by atoms with van der Waals surface area (Å²) in [6.45, 7) is 0.223. The molecule has 1 heterocycles. The van der Waals surface area contributed by atoms with Gasteiger partial charge in [0.25, 0.3) is 0 Å². The molecule has 0 radical (unpaired) electrons. The number of rotatable bonds is 9. The highest BCUT2D eigenvalue weighted by molar-refractivity contribution is 5.00. The molecule has 24 heavy (non-hydrogen) atoms. The minimum atomic E-state index is -6.83. The van der Waals surface area contributed by atoms with Gasteiger partial charge in [-0.05, 0) is 25.7 Å². The first-order valence-corrected chi connectivity index (χ1v) is 7.22. The number of hydrogen-bond acceptors (Lipinski definition) is 2. The molecule has 11 heteroatoms. The van der Waals surface area contributed by atoms with Crippen molar-refractivity contribution >= 4 is 0 Å². The van der Waals surface area contributed by atoms with Crippen LogP contribution in [0.15, 0.2) is 0 Å². The molecule has 1 atom stereocenters. The summed E-state index contributed by atoms with van der Waals surface area (Å²) in [4.78, 5) is 0. The van der Waals surface area contributed by atoms with Crippen molar-refractivity contribution < 1.29 is 49.0 Å². The molecule has 0 N–H and O–H groups in total. The highest BCUT2D eigenvalue weighted by Crippen LogP contribution is 2.54. The first-order valence-electron chi connectivity index (χ1n) is 7.22. The maximum atomic E-state index is 13.2. The van der Waals surface area contributed by atoms with Crippen molar-refractivity contribution in [1.82, 2.24) is 0 Å². The van der Waals surface area contributed by atoms with Crippen molar-refractivity contribution in [2.24, 2.45) is 0 Å². The Balaban J connectivity index is 2.41. The van der Waals surface area contributed by atoms with Gasteiger partial charge in [-0.25, -0.2) is 0 Å². The summed E-state index contributed by atoms with van der Waals surface area (Å²) >= 11 is 0. The molecule has 1 aliphatic rings. The SMILES string of the molecule is FC(F)(F)C(F)(F)C(F)(F)C(F)(F)CCCOCCC1CCCO1. The van der Waals surface area contributed by atoms with E-state index in [9.17, 15) is 39.5 Å². The summed E-state index contributed by atoms with van der Waals surface area (Å²) in [6.07, 6.45) is -7.33. The zero-order valence-corrected chi connectivity index (χ0v) is 12.5. The van der Waals surface area contributed by atoms with Gasteiger partial charge in [0.2, 0.25) is 0 Å². The van der Waals surface area contributed by atoms with Crippen molar-refractivity contribution in [1.29, 1.82) is 0 Å². The average Bonchev–Trinajstić information content (AvgIpc) is 2.94. The van der Waals surface area contributed by atoms with Crippen LogP contribution in [0.1, 0.15) is 32.1 Å². The molecule has 0 aliphatic carbocycles. The molecule has 0 aromatic rings. The molecule has 2 nitrogen and oxygen atoms in total. The van der Waals surface area contributed by atoms with Gasteiger partial charge in [-0.2, -0.15) is 39.5 Å². The van der Waals surface area contributed by atoms with Crippen molar-refractivity contribution in [3.05, 3.63) is 0 Å². The Morgan fingerprint density at radius 1 is 0.875 bits per heavy atom. The fraction of sp³-hybridized carbons (Fsp3) is 1.00. The Morgan fingerprint density at radius 2 is 1.50 bits per heavy atom. The second kappa shape index (κ2) is 7.67. The molecule has 0 aromatic heterocycles. The zero-order chi connectivity index (χ0) is 18.6. The van der Waals surface area contributed by atoms with E-state index in [1.54, 1.807) is 0 Å². The Bertz CT molecular complexity index is 389. The van der Waals surface area contributed by atoms with Crippen LogP contribution in [0.25, 0.3) is 0 Å². The maximum absolute atomic E-state index is 13.2. The lowest BCUT2D eigenvalue weighted by Crippen LogP contribution is -2.60. The van der Waals surface area contributed by atoms with Gasteiger partial charge in [-0.15, -0.1) is 0 Å². The summed E-state index contributed by atoms with van der Waals surface area (Å²) in [6, 6.07) is 0. The molecular formula is C13H17F9O2. The fourth-order valence-electron chi connectivity index (χ4n) is 2.15. The van der Waals surface area contributed by atoms with E-state index < -0.39 is 43.4 Å². The Hall–Kier alpha value is -0.710. The van der Waals surface area contributed by atoms with E-state index >= 15 is 0 Å². The summed E-state index contributed by atoms with van der Waals surface area (Å²) in [5.74, 6) is -18.9. The quantitative estimate of drug-likeness (QED) is 0.424. The van der Waals surface area contributed by atoms with Crippen LogP contribution in [0.5, 0.6) is 0 Å². The van der Waals surface area contributed by atoms with Crippen LogP contribution < -0.4 is 0 Å². The lowest BCUT2D eigenvalue weighted by atomic mass is 10.00. The lowest BCUT2D eigenvalue weighted by molar-refractivity contribution is -0.396. The van der Waals surface area contributed by atoms with Gasteiger partial charge < -0.3 is 9.47 Å². The van der Waals surface area contributed by atoms with E-state index in [0.29, 0.717) is 13.0 Å². The largest absolute Gasteiger partial charge is 0.460 e. The predicted octanol–water partition coefficient (Wildman–Crippen LogP) is 4.82. The molecular weight excluding hydrogens is 359 g/mol. The average molecular weight is 376 g/mol. The Labute approximate surface area is 132 Å². The van der Waals surface area contributed by atoms with Crippen molar-refractivity contribution in [3.63, 3.8) is 0 Å². The zero-order valence-electron chi connectivity index (χ0n) is 12.5. The summed E-state index contributed by atoms with van der Waals surface area (Å²) in [5.41, 5.74) is 0. The van der Waals surface area contributed by atoms with Gasteiger partial charge in [-0.3, -0.25) is 0 Å². The summed E-state index contributed by atoms with van der Waals surface area (Å²) < 4.78 is 123. The van der Waals surface area contributed by atoms with E-state index in [4.69, 9.17) is 9.47 Å². The molecule has 0 aromatic carbocycles. The number of ether oxygens (including phenoxy) is 2. The highest BCUT2D eigenvalue weighted by atomic mass is 19.4. The van der Waals surface area contributed by atoms with Crippen LogP contribution in [0.2, 0.25) is 0 Å². The summed E-state index contributed by atoms with van der Waals surface area (Å²) in [7, 11) is 0. The lowest BCUT2D eigenvalue weighted by Gasteiger charge is -2.33. The number of halogens is 9. The highest BCUT2D eigenvalue weighted by Gasteiger charge is 2.81. The third-order valence-electron chi connectivity index (χ3n) is 3.60. The van der Waals surface area contributed by atoms with Crippen LogP contribution in [0.3, 0.4) is 0 Å². The van der Waals surface area contributed by atoms with Crippen LogP contribution in [0, 0.1) is 0 Å². The minimum absolute atomic E-state index is 0.0405. The maximum Gasteiger partial charge on any atom is 0.460 e. The van der Waals surface area contributed by atoms with E-state index in [0.717, 1.165) is 12.8 Å². The normalized spacial score (nSPS) is 20.6. The molecule has 1 unspecified atom stereocenters. The fourth-order valence-corrected chi connectivity index (χ4v) is 2.15. The van der Waals surface area contributed by atoms with Crippen LogP contribution in [0.4, 0.5) is 39.5 Å². The van der Waals surface area contributed by atoms with Gasteiger partial charge in [0.05, 0.1) is 6.10 Å². The minimum Gasteiger partial charge on any atom is -0.381 e. The monoisotopic (exact) mass is 376 g/mol. The third kappa shape index (κ3) is 4.68. The van der Waals surface area contributed by atoms with Crippen LogP contribution in [-0.4, -0.2) is 49.9 Å². The number of hydrogen-bond donors (Lipinski definition) is 0. The second-order valence-corrected chi connectivity index (χ2v) is 5.49. The van der Waals surface area contributed by atoms with Crippen molar-refractivity contribution in [2.75, 3.05) is 19.8 Å². The summed E-state index contributed by atoms with van der Waals surface area (Å²) in [5, 5.41) is 0. The number of alkyl halides is 9. The van der Waals surface area contributed by atoms with E-state index in [-0.39, 0.29) is 12.7 Å². The molecule has 1 saturated heterocycles. The van der Waals surface area contributed by atoms with Gasteiger partial charge >= 0.3 is 23.9 Å². The van der Waals surface area contributed by atoms with Gasteiger partial charge in [-0.1, -0.05) is 0 Å². The molecule has 0 saturated carbocycles.